The second kappa shape index (κ2) is 4.15. The fourth-order valence-electron chi connectivity index (χ4n) is 1.11. The maximum absolute atomic E-state index is 11.0. The van der Waals surface area contributed by atoms with Crippen molar-refractivity contribution < 1.29 is 14.7 Å². The van der Waals surface area contributed by atoms with E-state index >= 15 is 0 Å². The SMILES string of the molecule is NC(O)CCCN1C(=O)C=CC1=O. The summed E-state index contributed by atoms with van der Waals surface area (Å²) in [6.45, 7) is 0.318. The van der Waals surface area contributed by atoms with E-state index in [1.807, 2.05) is 0 Å². The summed E-state index contributed by atoms with van der Waals surface area (Å²) < 4.78 is 0. The van der Waals surface area contributed by atoms with E-state index in [4.69, 9.17) is 10.8 Å². The van der Waals surface area contributed by atoms with Crippen LogP contribution in [0.5, 0.6) is 0 Å². The zero-order valence-electron chi connectivity index (χ0n) is 7.14. The Labute approximate surface area is 75.8 Å². The zero-order chi connectivity index (χ0) is 9.84. The van der Waals surface area contributed by atoms with Crippen LogP contribution >= 0.6 is 0 Å². The largest absolute Gasteiger partial charge is 0.379 e. The molecule has 0 aromatic carbocycles. The predicted octanol–water partition coefficient (Wildman–Crippen LogP) is -1.03. The van der Waals surface area contributed by atoms with E-state index in [1.165, 1.54) is 12.2 Å². The van der Waals surface area contributed by atoms with Crippen molar-refractivity contribution in [2.45, 2.75) is 19.1 Å². The second-order valence-corrected chi connectivity index (χ2v) is 2.87. The van der Waals surface area contributed by atoms with Gasteiger partial charge in [0.05, 0.1) is 0 Å². The summed E-state index contributed by atoms with van der Waals surface area (Å²) in [6.07, 6.45) is 2.51. The third-order valence-corrected chi connectivity index (χ3v) is 1.78. The fourth-order valence-corrected chi connectivity index (χ4v) is 1.11. The highest BCUT2D eigenvalue weighted by atomic mass is 16.3. The monoisotopic (exact) mass is 184 g/mol. The molecule has 1 heterocycles. The van der Waals surface area contributed by atoms with Crippen molar-refractivity contribution in [3.8, 4) is 0 Å². The normalized spacial score (nSPS) is 18.5. The predicted molar refractivity (Wildman–Crippen MR) is 45.3 cm³/mol. The molecule has 3 N–H and O–H groups in total. The van der Waals surface area contributed by atoms with Crippen LogP contribution in [0.1, 0.15) is 12.8 Å². The first kappa shape index (κ1) is 9.88. The molecule has 0 spiro atoms. The van der Waals surface area contributed by atoms with Crippen LogP contribution in [0.15, 0.2) is 12.2 Å². The van der Waals surface area contributed by atoms with Crippen LogP contribution in [-0.4, -0.2) is 34.6 Å². The number of amides is 2. The molecule has 0 aromatic heterocycles. The fraction of sp³-hybridized carbons (Fsp3) is 0.500. The zero-order valence-corrected chi connectivity index (χ0v) is 7.14. The van der Waals surface area contributed by atoms with E-state index in [9.17, 15) is 9.59 Å². The minimum atomic E-state index is -0.874. The van der Waals surface area contributed by atoms with Gasteiger partial charge in [0.15, 0.2) is 0 Å². The standard InChI is InChI=1S/C8H12N2O3/c9-6(11)2-1-5-10-7(12)3-4-8(10)13/h3-4,6,11H,1-2,5,9H2. The van der Waals surface area contributed by atoms with Gasteiger partial charge in [0.1, 0.15) is 6.23 Å². The van der Waals surface area contributed by atoms with Crippen molar-refractivity contribution in [2.75, 3.05) is 6.54 Å². The Morgan fingerprint density at radius 3 is 2.38 bits per heavy atom. The van der Waals surface area contributed by atoms with Gasteiger partial charge in [-0.05, 0) is 12.8 Å². The Hall–Kier alpha value is -1.20. The Bertz CT molecular complexity index is 230. The summed E-state index contributed by atoms with van der Waals surface area (Å²) in [7, 11) is 0. The summed E-state index contributed by atoms with van der Waals surface area (Å²) in [5.41, 5.74) is 5.10. The summed E-state index contributed by atoms with van der Waals surface area (Å²) in [5.74, 6) is -0.590. The molecule has 0 aromatic rings. The van der Waals surface area contributed by atoms with Gasteiger partial charge in [0.25, 0.3) is 11.8 Å². The van der Waals surface area contributed by atoms with Gasteiger partial charge in [-0.1, -0.05) is 0 Å². The Morgan fingerprint density at radius 2 is 1.92 bits per heavy atom. The minimum Gasteiger partial charge on any atom is -0.379 e. The number of rotatable bonds is 4. The van der Waals surface area contributed by atoms with E-state index in [-0.39, 0.29) is 11.8 Å². The topological polar surface area (TPSA) is 83.6 Å². The molecular weight excluding hydrogens is 172 g/mol. The maximum atomic E-state index is 11.0. The molecule has 0 fully saturated rings. The molecule has 0 saturated carbocycles. The molecule has 0 bridgehead atoms. The van der Waals surface area contributed by atoms with Crippen molar-refractivity contribution >= 4 is 11.8 Å². The molecule has 72 valence electrons. The van der Waals surface area contributed by atoms with Crippen LogP contribution in [0.4, 0.5) is 0 Å². The highest BCUT2D eigenvalue weighted by molar-refractivity contribution is 6.12. The molecule has 5 nitrogen and oxygen atoms in total. The molecular formula is C8H12N2O3. The molecule has 13 heavy (non-hydrogen) atoms. The molecule has 0 saturated heterocycles. The molecule has 0 aliphatic carbocycles. The van der Waals surface area contributed by atoms with Crippen LogP contribution < -0.4 is 5.73 Å². The van der Waals surface area contributed by atoms with Crippen LogP contribution in [0, 0.1) is 0 Å². The number of nitrogens with two attached hydrogens (primary N) is 1. The van der Waals surface area contributed by atoms with Crippen LogP contribution in [-0.2, 0) is 9.59 Å². The Morgan fingerprint density at radius 1 is 1.38 bits per heavy atom. The average molecular weight is 184 g/mol. The third kappa shape index (κ3) is 2.64. The van der Waals surface area contributed by atoms with Gasteiger partial charge in [0.2, 0.25) is 0 Å². The van der Waals surface area contributed by atoms with E-state index in [0.29, 0.717) is 19.4 Å². The highest BCUT2D eigenvalue weighted by Crippen LogP contribution is 2.05. The summed E-state index contributed by atoms with van der Waals surface area (Å²) in [6, 6.07) is 0. The Kier molecular flexibility index (Phi) is 3.16. The van der Waals surface area contributed by atoms with E-state index in [2.05, 4.69) is 0 Å². The first-order valence-corrected chi connectivity index (χ1v) is 4.08. The number of carbonyl (C=O) groups is 2. The van der Waals surface area contributed by atoms with Gasteiger partial charge in [-0.15, -0.1) is 0 Å². The van der Waals surface area contributed by atoms with Gasteiger partial charge < -0.3 is 10.8 Å². The number of aliphatic hydroxyl groups excluding tert-OH is 1. The molecule has 1 aliphatic rings. The molecule has 1 atom stereocenters. The van der Waals surface area contributed by atoms with Crippen molar-refractivity contribution in [3.63, 3.8) is 0 Å². The van der Waals surface area contributed by atoms with Gasteiger partial charge in [0, 0.05) is 18.7 Å². The molecule has 0 radical (unpaired) electrons. The first-order chi connectivity index (χ1) is 6.11. The van der Waals surface area contributed by atoms with Gasteiger partial charge in [-0.3, -0.25) is 14.5 Å². The van der Waals surface area contributed by atoms with Crippen LogP contribution in [0.2, 0.25) is 0 Å². The van der Waals surface area contributed by atoms with E-state index in [1.54, 1.807) is 0 Å². The number of imide groups is 1. The van der Waals surface area contributed by atoms with Crippen molar-refractivity contribution in [3.05, 3.63) is 12.2 Å². The number of hydrogen-bond donors (Lipinski definition) is 2. The Balaban J connectivity index is 2.30. The number of aliphatic hydroxyl groups is 1. The number of nitrogens with zero attached hydrogens (tertiary/aromatic N) is 1. The average Bonchev–Trinajstić information content (AvgIpc) is 2.34. The summed E-state index contributed by atoms with van der Waals surface area (Å²) in [5, 5.41) is 8.73. The first-order valence-electron chi connectivity index (χ1n) is 4.08. The van der Waals surface area contributed by atoms with Crippen molar-refractivity contribution in [1.82, 2.24) is 4.90 Å². The maximum Gasteiger partial charge on any atom is 0.253 e. The second-order valence-electron chi connectivity index (χ2n) is 2.87. The summed E-state index contributed by atoms with van der Waals surface area (Å²) in [4.78, 5) is 23.1. The van der Waals surface area contributed by atoms with Gasteiger partial charge in [-0.25, -0.2) is 0 Å². The molecule has 1 unspecified atom stereocenters. The third-order valence-electron chi connectivity index (χ3n) is 1.78. The van der Waals surface area contributed by atoms with Crippen LogP contribution in [0.25, 0.3) is 0 Å². The smallest absolute Gasteiger partial charge is 0.253 e. The highest BCUT2D eigenvalue weighted by Gasteiger charge is 2.22. The van der Waals surface area contributed by atoms with Crippen molar-refractivity contribution in [1.29, 1.82) is 0 Å². The van der Waals surface area contributed by atoms with Crippen molar-refractivity contribution in [2.24, 2.45) is 5.73 Å². The van der Waals surface area contributed by atoms with E-state index in [0.717, 1.165) is 4.90 Å². The lowest BCUT2D eigenvalue weighted by Gasteiger charge is -2.13. The van der Waals surface area contributed by atoms with E-state index < -0.39 is 6.23 Å². The molecule has 2 amide bonds. The summed E-state index contributed by atoms with van der Waals surface area (Å²) >= 11 is 0. The van der Waals surface area contributed by atoms with Gasteiger partial charge in [-0.2, -0.15) is 0 Å². The lowest BCUT2D eigenvalue weighted by molar-refractivity contribution is -0.136. The molecule has 1 rings (SSSR count). The number of hydrogen-bond acceptors (Lipinski definition) is 4. The van der Waals surface area contributed by atoms with Gasteiger partial charge >= 0.3 is 0 Å². The quantitative estimate of drug-likeness (QED) is 0.432. The minimum absolute atomic E-state index is 0.295. The molecule has 5 heteroatoms. The van der Waals surface area contributed by atoms with Crippen LogP contribution in [0.3, 0.4) is 0 Å². The molecule has 1 aliphatic heterocycles. The lowest BCUT2D eigenvalue weighted by Crippen LogP contribution is -2.32. The lowest BCUT2D eigenvalue weighted by atomic mass is 10.3. The number of carbonyl (C=O) groups excluding carboxylic acids is 2.